The average molecular weight is 363 g/mol. The Labute approximate surface area is 152 Å². The molecule has 2 saturated heterocycles. The summed E-state index contributed by atoms with van der Waals surface area (Å²) in [5, 5.41) is 5.69. The van der Waals surface area contributed by atoms with Gasteiger partial charge in [-0.25, -0.2) is 0 Å². The number of amides is 2. The summed E-state index contributed by atoms with van der Waals surface area (Å²) in [5.74, 6) is 0.425. The monoisotopic (exact) mass is 363 g/mol. The standard InChI is InChI=1S/C18H25N3O5/c1-12(22)19-13-10-25-16-7-21(8-17(16)26-11-13)9-18(23)20-14-5-3-4-6-15(14)24-2/h3-6,13,16-17H,7-11H2,1-2H3,(H,19,22)(H,20,23)/t16-,17-/m0/s1. The highest BCUT2D eigenvalue weighted by atomic mass is 16.6. The molecule has 142 valence electrons. The predicted octanol–water partition coefficient (Wildman–Crippen LogP) is 0.238. The molecule has 0 aromatic heterocycles. The van der Waals surface area contributed by atoms with Gasteiger partial charge < -0.3 is 24.8 Å². The van der Waals surface area contributed by atoms with E-state index in [1.807, 2.05) is 17.0 Å². The molecule has 2 atom stereocenters. The van der Waals surface area contributed by atoms with E-state index >= 15 is 0 Å². The van der Waals surface area contributed by atoms with Crippen LogP contribution < -0.4 is 15.4 Å². The van der Waals surface area contributed by atoms with Crippen molar-refractivity contribution in [2.75, 3.05) is 45.3 Å². The highest BCUT2D eigenvalue weighted by Crippen LogP contribution is 2.24. The molecular weight excluding hydrogens is 338 g/mol. The van der Waals surface area contributed by atoms with Gasteiger partial charge in [0, 0.05) is 20.0 Å². The number of likely N-dealkylation sites (tertiary alicyclic amines) is 1. The zero-order chi connectivity index (χ0) is 18.5. The van der Waals surface area contributed by atoms with Crippen LogP contribution in [0.5, 0.6) is 5.75 Å². The Morgan fingerprint density at radius 1 is 1.19 bits per heavy atom. The summed E-state index contributed by atoms with van der Waals surface area (Å²) in [6, 6.07) is 7.18. The van der Waals surface area contributed by atoms with E-state index in [0.717, 1.165) is 0 Å². The summed E-state index contributed by atoms with van der Waals surface area (Å²) in [6.07, 6.45) is -0.180. The van der Waals surface area contributed by atoms with Gasteiger partial charge in [0.15, 0.2) is 0 Å². The van der Waals surface area contributed by atoms with Gasteiger partial charge in [-0.2, -0.15) is 0 Å². The van der Waals surface area contributed by atoms with Gasteiger partial charge in [-0.1, -0.05) is 12.1 Å². The van der Waals surface area contributed by atoms with E-state index in [0.29, 0.717) is 37.7 Å². The molecule has 2 heterocycles. The molecule has 26 heavy (non-hydrogen) atoms. The van der Waals surface area contributed by atoms with Gasteiger partial charge >= 0.3 is 0 Å². The van der Waals surface area contributed by atoms with Gasteiger partial charge in [0.25, 0.3) is 0 Å². The Kier molecular flexibility index (Phi) is 6.08. The molecule has 2 aliphatic heterocycles. The number of methoxy groups -OCH3 is 1. The first-order valence-corrected chi connectivity index (χ1v) is 8.70. The fraction of sp³-hybridized carbons (Fsp3) is 0.556. The van der Waals surface area contributed by atoms with E-state index in [1.165, 1.54) is 6.92 Å². The largest absolute Gasteiger partial charge is 0.495 e. The molecule has 2 amide bonds. The summed E-state index contributed by atoms with van der Waals surface area (Å²) >= 11 is 0. The van der Waals surface area contributed by atoms with Crippen LogP contribution in [-0.2, 0) is 19.1 Å². The van der Waals surface area contributed by atoms with Gasteiger partial charge in [0.05, 0.1) is 50.8 Å². The third kappa shape index (κ3) is 4.72. The number of carbonyl (C=O) groups excluding carboxylic acids is 2. The zero-order valence-corrected chi connectivity index (χ0v) is 15.1. The number of para-hydroxylation sites is 2. The van der Waals surface area contributed by atoms with Crippen molar-refractivity contribution in [2.24, 2.45) is 0 Å². The summed E-state index contributed by atoms with van der Waals surface area (Å²) in [4.78, 5) is 25.5. The lowest BCUT2D eigenvalue weighted by Crippen LogP contribution is -2.40. The third-order valence-electron chi connectivity index (χ3n) is 4.47. The van der Waals surface area contributed by atoms with Crippen molar-refractivity contribution >= 4 is 17.5 Å². The predicted molar refractivity (Wildman–Crippen MR) is 95.1 cm³/mol. The molecule has 3 rings (SSSR count). The second-order valence-corrected chi connectivity index (χ2v) is 6.58. The number of benzene rings is 1. The minimum atomic E-state index is -0.125. The molecular formula is C18H25N3O5. The van der Waals surface area contributed by atoms with Crippen LogP contribution in [0.25, 0.3) is 0 Å². The Bertz CT molecular complexity index is 637. The van der Waals surface area contributed by atoms with Gasteiger partial charge in [-0.15, -0.1) is 0 Å². The molecule has 2 fully saturated rings. The molecule has 0 radical (unpaired) electrons. The summed E-state index contributed by atoms with van der Waals surface area (Å²) in [7, 11) is 1.57. The number of nitrogens with one attached hydrogen (secondary N) is 2. The Morgan fingerprint density at radius 3 is 2.46 bits per heavy atom. The first kappa shape index (κ1) is 18.6. The number of anilines is 1. The fourth-order valence-electron chi connectivity index (χ4n) is 3.31. The molecule has 0 saturated carbocycles. The van der Waals surface area contributed by atoms with Gasteiger partial charge in [-0.3, -0.25) is 14.5 Å². The van der Waals surface area contributed by atoms with Crippen LogP contribution in [0.4, 0.5) is 5.69 Å². The number of ether oxygens (including phenoxy) is 3. The molecule has 0 spiro atoms. The van der Waals surface area contributed by atoms with Gasteiger partial charge in [0.2, 0.25) is 11.8 Å². The minimum Gasteiger partial charge on any atom is -0.495 e. The second-order valence-electron chi connectivity index (χ2n) is 6.58. The quantitative estimate of drug-likeness (QED) is 0.779. The van der Waals surface area contributed by atoms with E-state index < -0.39 is 0 Å². The van der Waals surface area contributed by atoms with Crippen molar-refractivity contribution < 1.29 is 23.8 Å². The smallest absolute Gasteiger partial charge is 0.238 e. The molecule has 1 aromatic rings. The number of rotatable bonds is 5. The van der Waals surface area contributed by atoms with Crippen LogP contribution in [0.15, 0.2) is 24.3 Å². The van der Waals surface area contributed by atoms with Crippen molar-refractivity contribution in [1.29, 1.82) is 0 Å². The first-order chi connectivity index (χ1) is 12.5. The highest BCUT2D eigenvalue weighted by Gasteiger charge is 2.38. The number of hydrogen-bond acceptors (Lipinski definition) is 6. The Balaban J connectivity index is 1.49. The lowest BCUT2D eigenvalue weighted by Gasteiger charge is -2.18. The topological polar surface area (TPSA) is 89.1 Å². The van der Waals surface area contributed by atoms with Crippen LogP contribution in [0, 0.1) is 0 Å². The van der Waals surface area contributed by atoms with E-state index in [9.17, 15) is 9.59 Å². The number of fused-ring (bicyclic) bond motifs is 1. The minimum absolute atomic E-state index is 0.0900. The number of hydrogen-bond donors (Lipinski definition) is 2. The van der Waals surface area contributed by atoms with Crippen molar-refractivity contribution in [1.82, 2.24) is 10.2 Å². The van der Waals surface area contributed by atoms with Crippen molar-refractivity contribution in [3.05, 3.63) is 24.3 Å². The van der Waals surface area contributed by atoms with Crippen molar-refractivity contribution in [3.8, 4) is 5.75 Å². The van der Waals surface area contributed by atoms with Crippen LogP contribution in [0.3, 0.4) is 0 Å². The molecule has 0 bridgehead atoms. The maximum Gasteiger partial charge on any atom is 0.238 e. The van der Waals surface area contributed by atoms with E-state index in [4.69, 9.17) is 14.2 Å². The van der Waals surface area contributed by atoms with E-state index in [1.54, 1.807) is 19.2 Å². The third-order valence-corrected chi connectivity index (χ3v) is 4.47. The average Bonchev–Trinajstić information content (AvgIpc) is 2.89. The highest BCUT2D eigenvalue weighted by molar-refractivity contribution is 5.93. The van der Waals surface area contributed by atoms with Crippen LogP contribution in [0.2, 0.25) is 0 Å². The first-order valence-electron chi connectivity index (χ1n) is 8.70. The summed E-state index contributed by atoms with van der Waals surface area (Å²) < 4.78 is 17.0. The van der Waals surface area contributed by atoms with Crippen LogP contribution in [0.1, 0.15) is 6.92 Å². The second kappa shape index (κ2) is 8.48. The molecule has 2 N–H and O–H groups in total. The summed E-state index contributed by atoms with van der Waals surface area (Å²) in [6.45, 7) is 3.82. The van der Waals surface area contributed by atoms with Crippen molar-refractivity contribution in [2.45, 2.75) is 25.2 Å². The van der Waals surface area contributed by atoms with Gasteiger partial charge in [-0.05, 0) is 12.1 Å². The number of nitrogens with zero attached hydrogens (tertiary/aromatic N) is 1. The van der Waals surface area contributed by atoms with Crippen molar-refractivity contribution in [3.63, 3.8) is 0 Å². The molecule has 0 aliphatic carbocycles. The Hall–Kier alpha value is -2.16. The normalized spacial score (nSPS) is 23.8. The molecule has 1 aromatic carbocycles. The molecule has 8 heteroatoms. The maximum absolute atomic E-state index is 12.3. The Morgan fingerprint density at radius 2 is 1.85 bits per heavy atom. The van der Waals surface area contributed by atoms with Crippen LogP contribution in [-0.4, -0.2) is 74.9 Å². The lowest BCUT2D eigenvalue weighted by molar-refractivity contribution is -0.120. The lowest BCUT2D eigenvalue weighted by atomic mass is 10.3. The fourth-order valence-corrected chi connectivity index (χ4v) is 3.31. The maximum atomic E-state index is 12.3. The number of carbonyl (C=O) groups is 2. The van der Waals surface area contributed by atoms with E-state index in [-0.39, 0.29) is 36.6 Å². The zero-order valence-electron chi connectivity index (χ0n) is 15.1. The van der Waals surface area contributed by atoms with E-state index in [2.05, 4.69) is 10.6 Å². The summed E-state index contributed by atoms with van der Waals surface area (Å²) in [5.41, 5.74) is 0.652. The SMILES string of the molecule is COc1ccccc1NC(=O)CN1C[C@@H]2OCC(NC(C)=O)CO[C@H]2C1. The molecule has 2 aliphatic rings. The van der Waals surface area contributed by atoms with Gasteiger partial charge in [0.1, 0.15) is 5.75 Å². The molecule has 0 unspecified atom stereocenters. The van der Waals surface area contributed by atoms with Crippen LogP contribution >= 0.6 is 0 Å². The molecule has 8 nitrogen and oxygen atoms in total.